The van der Waals surface area contributed by atoms with Crippen LogP contribution in [-0.4, -0.2) is 47.0 Å². The molecule has 1 amide bonds. The number of carbonyl (C=O) groups excluding carboxylic acids is 1. The second-order valence-electron chi connectivity index (χ2n) is 6.08. The molecule has 3 rings (SSSR count). The van der Waals surface area contributed by atoms with E-state index in [1.54, 1.807) is 38.0 Å². The molecule has 148 valence electrons. The first-order chi connectivity index (χ1) is 13.6. The summed E-state index contributed by atoms with van der Waals surface area (Å²) in [7, 11) is 4.73. The lowest BCUT2D eigenvalue weighted by molar-refractivity contribution is -0.121. The summed E-state index contributed by atoms with van der Waals surface area (Å²) in [6.07, 6.45) is 1.61. The summed E-state index contributed by atoms with van der Waals surface area (Å²) >= 11 is 0. The van der Waals surface area contributed by atoms with Gasteiger partial charge in [-0.25, -0.2) is 0 Å². The van der Waals surface area contributed by atoms with Gasteiger partial charge in [-0.05, 0) is 30.2 Å². The van der Waals surface area contributed by atoms with Crippen molar-refractivity contribution in [2.45, 2.75) is 25.8 Å². The average molecular weight is 385 g/mol. The highest BCUT2D eigenvalue weighted by Crippen LogP contribution is 2.27. The second kappa shape index (κ2) is 9.03. The van der Waals surface area contributed by atoms with Gasteiger partial charge in [0.2, 0.25) is 11.8 Å². The molecule has 9 heteroatoms. The van der Waals surface area contributed by atoms with Crippen molar-refractivity contribution < 1.29 is 19.0 Å². The lowest BCUT2D eigenvalue weighted by Crippen LogP contribution is -2.22. The van der Waals surface area contributed by atoms with Gasteiger partial charge in [0, 0.05) is 25.5 Å². The maximum Gasteiger partial charge on any atom is 0.231 e. The number of amides is 1. The number of ether oxygens (including phenoxy) is 3. The van der Waals surface area contributed by atoms with Gasteiger partial charge >= 0.3 is 0 Å². The number of nitrogens with one attached hydrogen (secondary N) is 1. The van der Waals surface area contributed by atoms with Crippen molar-refractivity contribution in [1.82, 2.24) is 25.1 Å². The van der Waals surface area contributed by atoms with E-state index in [4.69, 9.17) is 14.2 Å². The van der Waals surface area contributed by atoms with Crippen molar-refractivity contribution >= 4 is 11.6 Å². The van der Waals surface area contributed by atoms with E-state index in [9.17, 15) is 4.79 Å². The topological polar surface area (TPSA) is 99.9 Å². The number of benzene rings is 1. The Balaban J connectivity index is 1.50. The zero-order chi connectivity index (χ0) is 19.9. The Hall–Kier alpha value is -3.36. The van der Waals surface area contributed by atoms with Crippen LogP contribution >= 0.6 is 0 Å². The minimum Gasteiger partial charge on any atom is -0.493 e. The molecule has 1 aromatic carbocycles. The van der Waals surface area contributed by atoms with Crippen molar-refractivity contribution in [1.29, 1.82) is 0 Å². The predicted molar refractivity (Wildman–Crippen MR) is 102 cm³/mol. The fourth-order valence-corrected chi connectivity index (χ4v) is 2.77. The van der Waals surface area contributed by atoms with Gasteiger partial charge in [-0.1, -0.05) is 6.07 Å². The molecule has 0 saturated heterocycles. The Morgan fingerprint density at radius 1 is 1.04 bits per heavy atom. The maximum absolute atomic E-state index is 12.1. The van der Waals surface area contributed by atoms with Crippen LogP contribution in [0.1, 0.15) is 24.2 Å². The van der Waals surface area contributed by atoms with Crippen molar-refractivity contribution in [2.75, 3.05) is 21.3 Å². The molecular formula is C19H23N5O4. The Kier molecular flexibility index (Phi) is 6.25. The van der Waals surface area contributed by atoms with Crippen LogP contribution in [-0.2, 0) is 17.8 Å². The van der Waals surface area contributed by atoms with E-state index < -0.39 is 0 Å². The molecule has 28 heavy (non-hydrogen) atoms. The molecule has 2 heterocycles. The quantitative estimate of drug-likeness (QED) is 0.599. The first kappa shape index (κ1) is 19.4. The largest absolute Gasteiger partial charge is 0.493 e. The predicted octanol–water partition coefficient (Wildman–Crippen LogP) is 1.79. The van der Waals surface area contributed by atoms with Crippen LogP contribution < -0.4 is 19.5 Å². The number of nitrogens with zero attached hydrogens (tertiary/aromatic N) is 4. The van der Waals surface area contributed by atoms with Gasteiger partial charge in [-0.3, -0.25) is 4.79 Å². The summed E-state index contributed by atoms with van der Waals surface area (Å²) in [6.45, 7) is 0.422. The second-order valence-corrected chi connectivity index (χ2v) is 6.08. The molecule has 3 aromatic rings. The van der Waals surface area contributed by atoms with E-state index in [2.05, 4.69) is 20.6 Å². The highest BCUT2D eigenvalue weighted by Gasteiger charge is 2.10. The van der Waals surface area contributed by atoms with Gasteiger partial charge in [0.05, 0.1) is 21.3 Å². The highest BCUT2D eigenvalue weighted by molar-refractivity contribution is 5.75. The molecule has 0 aliphatic carbocycles. The number of hydrogen-bond donors (Lipinski definition) is 1. The summed E-state index contributed by atoms with van der Waals surface area (Å²) in [6, 6.07) is 9.08. The summed E-state index contributed by atoms with van der Waals surface area (Å²) in [5.74, 6) is 2.44. The van der Waals surface area contributed by atoms with Crippen LogP contribution in [0.25, 0.3) is 5.65 Å². The fourth-order valence-electron chi connectivity index (χ4n) is 2.77. The van der Waals surface area contributed by atoms with E-state index in [0.717, 1.165) is 5.56 Å². The molecule has 0 aliphatic rings. The molecule has 0 fully saturated rings. The molecule has 0 radical (unpaired) electrons. The minimum atomic E-state index is -0.0332. The third kappa shape index (κ3) is 4.48. The third-order valence-electron chi connectivity index (χ3n) is 4.25. The normalized spacial score (nSPS) is 10.7. The molecule has 2 aromatic heterocycles. The smallest absolute Gasteiger partial charge is 0.231 e. The van der Waals surface area contributed by atoms with Crippen molar-refractivity contribution in [2.24, 2.45) is 0 Å². The molecule has 9 nitrogen and oxygen atoms in total. The van der Waals surface area contributed by atoms with Gasteiger partial charge in [0.15, 0.2) is 23.0 Å². The van der Waals surface area contributed by atoms with Crippen molar-refractivity contribution in [3.63, 3.8) is 0 Å². The van der Waals surface area contributed by atoms with Crippen LogP contribution in [0.15, 0.2) is 30.3 Å². The number of methoxy groups -OCH3 is 3. The number of hydrogen-bond acceptors (Lipinski definition) is 7. The number of carbonyl (C=O) groups is 1. The summed E-state index contributed by atoms with van der Waals surface area (Å²) < 4.78 is 17.3. The van der Waals surface area contributed by atoms with E-state index in [1.165, 1.54) is 0 Å². The number of aromatic nitrogens is 4. The van der Waals surface area contributed by atoms with E-state index >= 15 is 0 Å². The summed E-state index contributed by atoms with van der Waals surface area (Å²) in [4.78, 5) is 12.1. The maximum atomic E-state index is 12.1. The Labute approximate surface area is 162 Å². The van der Waals surface area contributed by atoms with Crippen LogP contribution in [0.4, 0.5) is 0 Å². The van der Waals surface area contributed by atoms with Crippen LogP contribution in [0, 0.1) is 0 Å². The number of rotatable bonds is 9. The summed E-state index contributed by atoms with van der Waals surface area (Å²) in [5.41, 5.74) is 1.58. The first-order valence-corrected chi connectivity index (χ1v) is 8.87. The molecule has 0 aliphatic heterocycles. The Morgan fingerprint density at radius 3 is 2.61 bits per heavy atom. The van der Waals surface area contributed by atoms with E-state index in [0.29, 0.717) is 54.7 Å². The third-order valence-corrected chi connectivity index (χ3v) is 4.25. The summed E-state index contributed by atoms with van der Waals surface area (Å²) in [5, 5.41) is 15.4. The van der Waals surface area contributed by atoms with Crippen LogP contribution in [0.3, 0.4) is 0 Å². The molecule has 0 saturated carbocycles. The Bertz CT molecular complexity index is 957. The van der Waals surface area contributed by atoms with Gasteiger partial charge in [-0.15, -0.1) is 15.3 Å². The zero-order valence-electron chi connectivity index (χ0n) is 16.1. The lowest BCUT2D eigenvalue weighted by Gasteiger charge is -2.10. The Morgan fingerprint density at radius 2 is 1.86 bits per heavy atom. The molecule has 0 unspecified atom stereocenters. The zero-order valence-corrected chi connectivity index (χ0v) is 16.1. The van der Waals surface area contributed by atoms with Crippen LogP contribution in [0.5, 0.6) is 17.4 Å². The van der Waals surface area contributed by atoms with E-state index in [-0.39, 0.29) is 5.91 Å². The lowest BCUT2D eigenvalue weighted by atomic mass is 10.2. The first-order valence-electron chi connectivity index (χ1n) is 8.87. The number of aryl methyl sites for hydroxylation is 1. The molecular weight excluding hydrogens is 362 g/mol. The van der Waals surface area contributed by atoms with Gasteiger partial charge in [-0.2, -0.15) is 4.52 Å². The van der Waals surface area contributed by atoms with Crippen LogP contribution in [0.2, 0.25) is 0 Å². The van der Waals surface area contributed by atoms with Crippen molar-refractivity contribution in [3.05, 3.63) is 41.7 Å². The molecule has 0 bridgehead atoms. The standard InChI is InChI=1S/C19H23N5O4/c1-26-14-8-7-13(11-15(14)27-2)12-20-18(25)6-4-5-16-21-22-17-9-10-19(28-3)23-24(16)17/h7-11H,4-6,12H2,1-3H3,(H,20,25). The average Bonchev–Trinajstić information content (AvgIpc) is 3.14. The molecule has 1 N–H and O–H groups in total. The van der Waals surface area contributed by atoms with Gasteiger partial charge in [0.1, 0.15) is 0 Å². The number of fused-ring (bicyclic) bond motifs is 1. The van der Waals surface area contributed by atoms with Crippen molar-refractivity contribution in [3.8, 4) is 17.4 Å². The minimum absolute atomic E-state index is 0.0332. The van der Waals surface area contributed by atoms with Gasteiger partial charge in [0.25, 0.3) is 0 Å². The van der Waals surface area contributed by atoms with Gasteiger partial charge < -0.3 is 19.5 Å². The fraction of sp³-hybridized carbons (Fsp3) is 0.368. The highest BCUT2D eigenvalue weighted by atomic mass is 16.5. The molecule has 0 spiro atoms. The SMILES string of the molecule is COc1ccc2nnc(CCCC(=O)NCc3ccc(OC)c(OC)c3)n2n1. The monoisotopic (exact) mass is 385 g/mol. The molecule has 0 atom stereocenters. The van der Waals surface area contributed by atoms with E-state index in [1.807, 2.05) is 18.2 Å².